The molecule has 21 heavy (non-hydrogen) atoms. The van der Waals surface area contributed by atoms with E-state index < -0.39 is 0 Å². The normalized spacial score (nSPS) is 10.9. The van der Waals surface area contributed by atoms with Crippen LogP contribution in [0.5, 0.6) is 5.75 Å². The Morgan fingerprint density at radius 1 is 1.00 bits per heavy atom. The lowest BCUT2D eigenvalue weighted by Crippen LogP contribution is -1.95. The zero-order valence-electron chi connectivity index (χ0n) is 12.1. The molecule has 1 heterocycles. The third kappa shape index (κ3) is 2.57. The van der Waals surface area contributed by atoms with E-state index in [-0.39, 0.29) is 0 Å². The zero-order chi connectivity index (χ0) is 15.0. The third-order valence-electron chi connectivity index (χ3n) is 3.49. The SMILES string of the molecule is COc1ccc2c(Cl)nc(-c3cc(C)ccc3C)nc2c1. The van der Waals surface area contributed by atoms with Crippen LogP contribution >= 0.6 is 11.6 Å². The van der Waals surface area contributed by atoms with E-state index in [1.165, 1.54) is 5.56 Å². The van der Waals surface area contributed by atoms with Gasteiger partial charge in [-0.1, -0.05) is 29.3 Å². The van der Waals surface area contributed by atoms with Gasteiger partial charge in [-0.15, -0.1) is 0 Å². The third-order valence-corrected chi connectivity index (χ3v) is 3.78. The largest absolute Gasteiger partial charge is 0.497 e. The number of nitrogens with zero attached hydrogens (tertiary/aromatic N) is 2. The molecule has 0 saturated heterocycles. The minimum atomic E-state index is 0.457. The lowest BCUT2D eigenvalue weighted by atomic mass is 10.0. The molecule has 0 spiro atoms. The van der Waals surface area contributed by atoms with Crippen molar-refractivity contribution in [3.05, 3.63) is 52.7 Å². The topological polar surface area (TPSA) is 35.0 Å². The Bertz CT molecular complexity index is 830. The predicted molar refractivity (Wildman–Crippen MR) is 86.0 cm³/mol. The molecule has 0 radical (unpaired) electrons. The van der Waals surface area contributed by atoms with E-state index in [1.54, 1.807) is 7.11 Å². The number of halogens is 1. The van der Waals surface area contributed by atoms with Gasteiger partial charge in [0.05, 0.1) is 12.6 Å². The first-order valence-corrected chi connectivity index (χ1v) is 7.05. The van der Waals surface area contributed by atoms with Gasteiger partial charge in [-0.3, -0.25) is 0 Å². The Labute approximate surface area is 128 Å². The Kier molecular flexibility index (Phi) is 3.52. The lowest BCUT2D eigenvalue weighted by molar-refractivity contribution is 0.415. The van der Waals surface area contributed by atoms with Crippen LogP contribution in [0.15, 0.2) is 36.4 Å². The van der Waals surface area contributed by atoms with Crippen LogP contribution < -0.4 is 4.74 Å². The summed E-state index contributed by atoms with van der Waals surface area (Å²) in [6.07, 6.45) is 0. The molecule has 0 unspecified atom stereocenters. The summed E-state index contributed by atoms with van der Waals surface area (Å²) in [6, 6.07) is 11.8. The van der Waals surface area contributed by atoms with Gasteiger partial charge in [0, 0.05) is 17.0 Å². The lowest BCUT2D eigenvalue weighted by Gasteiger charge is -2.09. The number of methoxy groups -OCH3 is 1. The van der Waals surface area contributed by atoms with Gasteiger partial charge in [0.25, 0.3) is 0 Å². The summed E-state index contributed by atoms with van der Waals surface area (Å²) in [4.78, 5) is 9.08. The Hall–Kier alpha value is -2.13. The van der Waals surface area contributed by atoms with Crippen molar-refractivity contribution in [1.82, 2.24) is 9.97 Å². The molecule has 0 aliphatic carbocycles. The minimum Gasteiger partial charge on any atom is -0.497 e. The molecule has 3 nitrogen and oxygen atoms in total. The van der Waals surface area contributed by atoms with Gasteiger partial charge in [0.15, 0.2) is 5.82 Å². The smallest absolute Gasteiger partial charge is 0.161 e. The van der Waals surface area contributed by atoms with Crippen molar-refractivity contribution >= 4 is 22.5 Å². The molecule has 0 bridgehead atoms. The van der Waals surface area contributed by atoms with Crippen LogP contribution in [-0.4, -0.2) is 17.1 Å². The van der Waals surface area contributed by atoms with Gasteiger partial charge >= 0.3 is 0 Å². The van der Waals surface area contributed by atoms with E-state index in [0.717, 1.165) is 27.8 Å². The first-order chi connectivity index (χ1) is 10.1. The average Bonchev–Trinajstić information content (AvgIpc) is 2.49. The van der Waals surface area contributed by atoms with Gasteiger partial charge in [0.1, 0.15) is 10.9 Å². The van der Waals surface area contributed by atoms with Gasteiger partial charge in [-0.25, -0.2) is 9.97 Å². The molecular formula is C17H15ClN2O. The van der Waals surface area contributed by atoms with Crippen molar-refractivity contribution in [2.75, 3.05) is 7.11 Å². The second kappa shape index (κ2) is 5.34. The highest BCUT2D eigenvalue weighted by Crippen LogP contribution is 2.29. The first-order valence-electron chi connectivity index (χ1n) is 6.67. The molecule has 0 N–H and O–H groups in total. The minimum absolute atomic E-state index is 0.457. The van der Waals surface area contributed by atoms with E-state index in [1.807, 2.05) is 25.1 Å². The second-order valence-electron chi connectivity index (χ2n) is 5.04. The van der Waals surface area contributed by atoms with Crippen LogP contribution in [0.1, 0.15) is 11.1 Å². The summed E-state index contributed by atoms with van der Waals surface area (Å²) < 4.78 is 5.25. The number of hydrogen-bond acceptors (Lipinski definition) is 3. The maximum Gasteiger partial charge on any atom is 0.161 e. The van der Waals surface area contributed by atoms with Crippen LogP contribution in [0.4, 0.5) is 0 Å². The molecule has 0 amide bonds. The summed E-state index contributed by atoms with van der Waals surface area (Å²) >= 11 is 6.31. The highest BCUT2D eigenvalue weighted by molar-refractivity contribution is 6.34. The second-order valence-corrected chi connectivity index (χ2v) is 5.40. The molecule has 106 valence electrons. The molecule has 4 heteroatoms. The molecule has 0 aliphatic heterocycles. The summed E-state index contributed by atoms with van der Waals surface area (Å²) in [6.45, 7) is 4.09. The average molecular weight is 299 g/mol. The molecule has 0 fully saturated rings. The van der Waals surface area contributed by atoms with Crippen molar-refractivity contribution < 1.29 is 4.74 Å². The number of aryl methyl sites for hydroxylation is 2. The number of hydrogen-bond donors (Lipinski definition) is 0. The zero-order valence-corrected chi connectivity index (χ0v) is 12.9. The molecule has 0 atom stereocenters. The summed E-state index contributed by atoms with van der Waals surface area (Å²) in [5.41, 5.74) is 4.08. The molecule has 0 saturated carbocycles. The molecule has 3 aromatic rings. The molecular weight excluding hydrogens is 284 g/mol. The van der Waals surface area contributed by atoms with Gasteiger partial charge < -0.3 is 4.74 Å². The van der Waals surface area contributed by atoms with E-state index in [4.69, 9.17) is 16.3 Å². The van der Waals surface area contributed by atoms with Crippen molar-refractivity contribution in [2.45, 2.75) is 13.8 Å². The summed E-state index contributed by atoms with van der Waals surface area (Å²) in [5.74, 6) is 1.39. The van der Waals surface area contributed by atoms with Crippen LogP contribution in [0.3, 0.4) is 0 Å². The van der Waals surface area contributed by atoms with E-state index in [2.05, 4.69) is 35.1 Å². The summed E-state index contributed by atoms with van der Waals surface area (Å²) in [5, 5.41) is 1.28. The number of ether oxygens (including phenoxy) is 1. The number of fused-ring (bicyclic) bond motifs is 1. The van der Waals surface area contributed by atoms with Crippen LogP contribution in [0.25, 0.3) is 22.3 Å². The van der Waals surface area contributed by atoms with E-state index >= 15 is 0 Å². The van der Waals surface area contributed by atoms with Crippen molar-refractivity contribution in [2.24, 2.45) is 0 Å². The fraction of sp³-hybridized carbons (Fsp3) is 0.176. The monoisotopic (exact) mass is 298 g/mol. The number of rotatable bonds is 2. The standard InChI is InChI=1S/C17H15ClN2O/c1-10-4-5-11(2)14(8-10)17-19-15-9-12(21-3)6-7-13(15)16(18)20-17/h4-9H,1-3H3. The fourth-order valence-corrected chi connectivity index (χ4v) is 2.53. The quantitative estimate of drug-likeness (QED) is 0.650. The fourth-order valence-electron chi connectivity index (χ4n) is 2.29. The highest BCUT2D eigenvalue weighted by Gasteiger charge is 2.11. The molecule has 1 aromatic heterocycles. The van der Waals surface area contributed by atoms with Gasteiger partial charge in [-0.05, 0) is 37.6 Å². The maximum atomic E-state index is 6.31. The van der Waals surface area contributed by atoms with Crippen LogP contribution in [0, 0.1) is 13.8 Å². The van der Waals surface area contributed by atoms with Gasteiger partial charge in [0.2, 0.25) is 0 Å². The van der Waals surface area contributed by atoms with Crippen LogP contribution in [0.2, 0.25) is 5.15 Å². The van der Waals surface area contributed by atoms with Gasteiger partial charge in [-0.2, -0.15) is 0 Å². The number of aromatic nitrogens is 2. The van der Waals surface area contributed by atoms with Crippen molar-refractivity contribution in [3.8, 4) is 17.1 Å². The molecule has 3 rings (SSSR count). The summed E-state index contributed by atoms with van der Waals surface area (Å²) in [7, 11) is 1.63. The van der Waals surface area contributed by atoms with E-state index in [9.17, 15) is 0 Å². The number of benzene rings is 2. The van der Waals surface area contributed by atoms with Crippen molar-refractivity contribution in [1.29, 1.82) is 0 Å². The predicted octanol–water partition coefficient (Wildman–Crippen LogP) is 4.58. The molecule has 2 aromatic carbocycles. The Morgan fingerprint density at radius 2 is 1.81 bits per heavy atom. The van der Waals surface area contributed by atoms with Crippen LogP contribution in [-0.2, 0) is 0 Å². The maximum absolute atomic E-state index is 6.31. The van der Waals surface area contributed by atoms with E-state index in [0.29, 0.717) is 11.0 Å². The molecule has 0 aliphatic rings. The van der Waals surface area contributed by atoms with Crippen molar-refractivity contribution in [3.63, 3.8) is 0 Å². The Morgan fingerprint density at radius 3 is 2.57 bits per heavy atom. The Balaban J connectivity index is 2.26. The highest BCUT2D eigenvalue weighted by atomic mass is 35.5. The first kappa shape index (κ1) is 13.8.